The van der Waals surface area contributed by atoms with Crippen LogP contribution in [-0.4, -0.2) is 17.0 Å². The number of carbonyl (C=O) groups excluding carboxylic acids is 1. The smallest absolute Gasteiger partial charge is 0.346 e. The molecule has 0 fully saturated rings. The van der Waals surface area contributed by atoms with Gasteiger partial charge in [-0.05, 0) is 35.2 Å². The van der Waals surface area contributed by atoms with Crippen molar-refractivity contribution in [3.05, 3.63) is 75.2 Å². The van der Waals surface area contributed by atoms with Crippen molar-refractivity contribution in [2.45, 2.75) is 25.7 Å². The second-order valence-corrected chi connectivity index (χ2v) is 7.81. The largest absolute Gasteiger partial charge is 0.477 e. The van der Waals surface area contributed by atoms with Crippen LogP contribution in [0, 0.1) is 5.82 Å². The van der Waals surface area contributed by atoms with Crippen LogP contribution in [0.3, 0.4) is 0 Å². The van der Waals surface area contributed by atoms with Crippen LogP contribution in [0.4, 0.5) is 10.1 Å². The van der Waals surface area contributed by atoms with E-state index in [9.17, 15) is 19.1 Å². The predicted molar refractivity (Wildman–Crippen MR) is 108 cm³/mol. The van der Waals surface area contributed by atoms with E-state index in [1.165, 1.54) is 23.8 Å². The zero-order valence-electron chi connectivity index (χ0n) is 15.2. The lowest BCUT2D eigenvalue weighted by molar-refractivity contribution is -0.116. The Morgan fingerprint density at radius 2 is 2.00 bits per heavy atom. The summed E-state index contributed by atoms with van der Waals surface area (Å²) < 4.78 is 13.8. The lowest BCUT2D eigenvalue weighted by Gasteiger charge is -2.24. The molecule has 1 atom stereocenters. The summed E-state index contributed by atoms with van der Waals surface area (Å²) in [5.41, 5.74) is 3.46. The zero-order chi connectivity index (χ0) is 19.8. The highest BCUT2D eigenvalue weighted by Crippen LogP contribution is 2.49. The van der Waals surface area contributed by atoms with Gasteiger partial charge in [-0.3, -0.25) is 4.79 Å². The Morgan fingerprint density at radius 1 is 1.25 bits per heavy atom. The number of nitrogens with one attached hydrogen (secondary N) is 1. The molecular formula is C22H18FNO3S. The first-order chi connectivity index (χ1) is 13.5. The average molecular weight is 395 g/mol. The number of fused-ring (bicyclic) bond motifs is 1. The molecule has 3 aromatic rings. The monoisotopic (exact) mass is 395 g/mol. The number of rotatable bonds is 4. The Kier molecular flexibility index (Phi) is 4.73. The van der Waals surface area contributed by atoms with Crippen LogP contribution in [0.1, 0.15) is 44.9 Å². The minimum atomic E-state index is -1.09. The first-order valence-corrected chi connectivity index (χ1v) is 9.84. The molecule has 0 saturated heterocycles. The fraction of sp³-hybridized carbons (Fsp3) is 0.182. The van der Waals surface area contributed by atoms with Crippen LogP contribution in [-0.2, 0) is 11.2 Å². The van der Waals surface area contributed by atoms with Crippen molar-refractivity contribution in [2.75, 3.05) is 5.32 Å². The van der Waals surface area contributed by atoms with E-state index in [0.717, 1.165) is 28.2 Å². The molecule has 4 nitrogen and oxygen atoms in total. The molecule has 0 saturated carbocycles. The van der Waals surface area contributed by atoms with Gasteiger partial charge < -0.3 is 10.4 Å². The zero-order valence-corrected chi connectivity index (χ0v) is 16.0. The number of amides is 1. The molecule has 28 heavy (non-hydrogen) atoms. The highest BCUT2D eigenvalue weighted by molar-refractivity contribution is 7.15. The summed E-state index contributed by atoms with van der Waals surface area (Å²) >= 11 is 1.15. The first kappa shape index (κ1) is 18.4. The minimum absolute atomic E-state index is 0.105. The maximum absolute atomic E-state index is 13.8. The summed E-state index contributed by atoms with van der Waals surface area (Å²) in [4.78, 5) is 25.2. The van der Waals surface area contributed by atoms with E-state index >= 15 is 0 Å². The number of hydrogen-bond donors (Lipinski definition) is 2. The molecule has 6 heteroatoms. The third-order valence-electron chi connectivity index (χ3n) is 5.00. The van der Waals surface area contributed by atoms with Gasteiger partial charge in [-0.25, -0.2) is 9.18 Å². The lowest BCUT2D eigenvalue weighted by Crippen LogP contribution is -2.22. The molecule has 142 valence electrons. The summed E-state index contributed by atoms with van der Waals surface area (Å²) in [5, 5.41) is 12.6. The van der Waals surface area contributed by atoms with Crippen LogP contribution in [0.2, 0.25) is 0 Å². The van der Waals surface area contributed by atoms with E-state index in [0.29, 0.717) is 16.8 Å². The molecule has 0 unspecified atom stereocenters. The van der Waals surface area contributed by atoms with Crippen LogP contribution in [0.5, 0.6) is 0 Å². The number of aromatic carboxylic acids is 1. The van der Waals surface area contributed by atoms with Gasteiger partial charge in [-0.15, -0.1) is 11.3 Å². The van der Waals surface area contributed by atoms with Crippen molar-refractivity contribution < 1.29 is 19.1 Å². The normalized spacial score (nSPS) is 15.8. The molecule has 1 amide bonds. The summed E-state index contributed by atoms with van der Waals surface area (Å²) in [7, 11) is 0. The molecule has 4 rings (SSSR count). The second-order valence-electron chi connectivity index (χ2n) is 6.76. The number of carboxylic acids is 1. The predicted octanol–water partition coefficient (Wildman–Crippen LogP) is 5.29. The van der Waals surface area contributed by atoms with E-state index in [1.807, 2.05) is 24.3 Å². The molecule has 2 heterocycles. The van der Waals surface area contributed by atoms with Gasteiger partial charge in [-0.2, -0.15) is 0 Å². The lowest BCUT2D eigenvalue weighted by atomic mass is 9.88. The summed E-state index contributed by atoms with van der Waals surface area (Å²) in [6.45, 7) is 2.07. The van der Waals surface area contributed by atoms with Crippen LogP contribution < -0.4 is 5.32 Å². The van der Waals surface area contributed by atoms with Crippen molar-refractivity contribution in [3.63, 3.8) is 0 Å². The van der Waals surface area contributed by atoms with Gasteiger partial charge in [-0.1, -0.05) is 43.3 Å². The summed E-state index contributed by atoms with van der Waals surface area (Å²) in [6, 6.07) is 13.8. The van der Waals surface area contributed by atoms with Crippen LogP contribution in [0.25, 0.3) is 11.1 Å². The van der Waals surface area contributed by atoms with Gasteiger partial charge in [0, 0.05) is 22.8 Å². The molecular weight excluding hydrogens is 377 g/mol. The van der Waals surface area contributed by atoms with Crippen LogP contribution in [0.15, 0.2) is 48.5 Å². The van der Waals surface area contributed by atoms with Gasteiger partial charge in [0.2, 0.25) is 5.91 Å². The van der Waals surface area contributed by atoms with Gasteiger partial charge in [0.05, 0.1) is 5.69 Å². The van der Waals surface area contributed by atoms with Gasteiger partial charge in [0.15, 0.2) is 0 Å². The highest BCUT2D eigenvalue weighted by atomic mass is 32.1. The quantitative estimate of drug-likeness (QED) is 0.631. The molecule has 0 bridgehead atoms. The van der Waals surface area contributed by atoms with Crippen molar-refractivity contribution in [2.24, 2.45) is 0 Å². The number of aryl methyl sites for hydroxylation is 1. The maximum atomic E-state index is 13.8. The molecule has 1 aliphatic heterocycles. The van der Waals surface area contributed by atoms with E-state index in [2.05, 4.69) is 12.2 Å². The SMILES string of the molecule is CCc1ccc([C@@H]2CC(=O)Nc3c2sc(C(=O)O)c3-c2cccc(F)c2)cc1. The number of thiophene rings is 1. The Bertz CT molecular complexity index is 1070. The number of hydrogen-bond acceptors (Lipinski definition) is 3. The van der Waals surface area contributed by atoms with Crippen molar-refractivity contribution in [1.29, 1.82) is 0 Å². The van der Waals surface area contributed by atoms with E-state index in [1.54, 1.807) is 6.07 Å². The molecule has 0 spiro atoms. The van der Waals surface area contributed by atoms with Gasteiger partial charge in [0.25, 0.3) is 0 Å². The van der Waals surface area contributed by atoms with Crippen LogP contribution >= 0.6 is 11.3 Å². The molecule has 2 aromatic carbocycles. The van der Waals surface area contributed by atoms with Crippen molar-refractivity contribution in [3.8, 4) is 11.1 Å². The van der Waals surface area contributed by atoms with E-state index in [-0.39, 0.29) is 23.1 Å². The minimum Gasteiger partial charge on any atom is -0.477 e. The number of anilines is 1. The Hall–Kier alpha value is -2.99. The fourth-order valence-electron chi connectivity index (χ4n) is 3.61. The Morgan fingerprint density at radius 3 is 2.64 bits per heavy atom. The molecule has 1 aromatic heterocycles. The summed E-state index contributed by atoms with van der Waals surface area (Å²) in [6.07, 6.45) is 1.17. The Balaban J connectivity index is 1.90. The highest BCUT2D eigenvalue weighted by Gasteiger charge is 2.34. The number of halogens is 1. The summed E-state index contributed by atoms with van der Waals surface area (Å²) in [5.74, 6) is -1.94. The van der Waals surface area contributed by atoms with Crippen molar-refractivity contribution in [1.82, 2.24) is 0 Å². The first-order valence-electron chi connectivity index (χ1n) is 9.02. The third-order valence-corrected chi connectivity index (χ3v) is 6.30. The molecule has 0 radical (unpaired) electrons. The van der Waals surface area contributed by atoms with Gasteiger partial charge >= 0.3 is 5.97 Å². The number of benzene rings is 2. The second kappa shape index (κ2) is 7.20. The standard InChI is InChI=1S/C22H18FNO3S/c1-2-12-6-8-13(9-7-12)16-11-17(25)24-19-18(14-4-3-5-15(23)10-14)21(22(26)27)28-20(16)19/h3-10,16H,2,11H2,1H3,(H,24,25)(H,26,27)/t16-/m0/s1. The molecule has 0 aliphatic carbocycles. The van der Waals surface area contributed by atoms with Gasteiger partial charge in [0.1, 0.15) is 10.7 Å². The average Bonchev–Trinajstić information content (AvgIpc) is 3.07. The fourth-order valence-corrected chi connectivity index (χ4v) is 4.86. The van der Waals surface area contributed by atoms with E-state index < -0.39 is 11.8 Å². The third kappa shape index (κ3) is 3.20. The Labute approximate surface area is 165 Å². The maximum Gasteiger partial charge on any atom is 0.346 e. The number of carboxylic acid groups (broad SMARTS) is 1. The van der Waals surface area contributed by atoms with E-state index in [4.69, 9.17) is 0 Å². The number of carbonyl (C=O) groups is 2. The molecule has 2 N–H and O–H groups in total. The topological polar surface area (TPSA) is 66.4 Å². The molecule has 1 aliphatic rings. The van der Waals surface area contributed by atoms with Crippen molar-refractivity contribution >= 4 is 28.9 Å².